The van der Waals surface area contributed by atoms with E-state index < -0.39 is 17.4 Å². The summed E-state index contributed by atoms with van der Waals surface area (Å²) in [5.74, 6) is -0.0145. The number of hydrogen-bond donors (Lipinski definition) is 2. The number of primary amides is 1. The molecule has 3 N–H and O–H groups in total. The molecule has 1 aliphatic rings. The van der Waals surface area contributed by atoms with Gasteiger partial charge < -0.3 is 20.3 Å². The smallest absolute Gasteiger partial charge is 0.273 e. The van der Waals surface area contributed by atoms with Gasteiger partial charge in [0.25, 0.3) is 5.91 Å². The Kier molecular flexibility index (Phi) is 6.46. The number of carbonyl (C=O) groups is 2. The van der Waals surface area contributed by atoms with Crippen molar-refractivity contribution >= 4 is 22.7 Å². The highest BCUT2D eigenvalue weighted by atomic mass is 16.5. The first-order valence-corrected chi connectivity index (χ1v) is 11.2. The minimum Gasteiger partial charge on any atom is -0.381 e. The van der Waals surface area contributed by atoms with Crippen molar-refractivity contribution in [2.24, 2.45) is 17.1 Å². The number of para-hydroxylation sites is 1. The molecular formula is C23H30N6O4. The Hall–Kier alpha value is -3.27. The van der Waals surface area contributed by atoms with E-state index in [2.05, 4.69) is 15.5 Å². The molecule has 1 aromatic carbocycles. The molecule has 0 radical (unpaired) electrons. The molecule has 3 heterocycles. The number of amides is 2. The summed E-state index contributed by atoms with van der Waals surface area (Å²) in [5, 5.41) is 12.3. The highest BCUT2D eigenvalue weighted by molar-refractivity contribution is 6.05. The topological polar surface area (TPSA) is 138 Å². The summed E-state index contributed by atoms with van der Waals surface area (Å²) in [4.78, 5) is 28.9. The van der Waals surface area contributed by atoms with E-state index >= 15 is 0 Å². The summed E-state index contributed by atoms with van der Waals surface area (Å²) < 4.78 is 12.8. The van der Waals surface area contributed by atoms with Gasteiger partial charge in [-0.3, -0.25) is 14.3 Å². The van der Waals surface area contributed by atoms with Gasteiger partial charge in [-0.05, 0) is 30.2 Å². The van der Waals surface area contributed by atoms with Crippen LogP contribution >= 0.6 is 0 Å². The lowest BCUT2D eigenvalue weighted by atomic mass is 9.86. The second kappa shape index (κ2) is 9.30. The molecule has 1 unspecified atom stereocenters. The van der Waals surface area contributed by atoms with Crippen LogP contribution in [0.3, 0.4) is 0 Å². The van der Waals surface area contributed by atoms with Crippen molar-refractivity contribution in [2.75, 3.05) is 13.2 Å². The largest absolute Gasteiger partial charge is 0.381 e. The Labute approximate surface area is 191 Å². The van der Waals surface area contributed by atoms with Crippen molar-refractivity contribution in [1.82, 2.24) is 25.2 Å². The zero-order chi connectivity index (χ0) is 23.6. The summed E-state index contributed by atoms with van der Waals surface area (Å²) in [5.41, 5.74) is 6.06. The van der Waals surface area contributed by atoms with Gasteiger partial charge in [0, 0.05) is 25.1 Å². The Morgan fingerprint density at radius 3 is 2.67 bits per heavy atom. The number of aromatic nitrogens is 4. The third-order valence-corrected chi connectivity index (χ3v) is 5.85. The summed E-state index contributed by atoms with van der Waals surface area (Å²) in [6, 6.07) is 7.14. The van der Waals surface area contributed by atoms with E-state index in [0.717, 1.165) is 43.5 Å². The van der Waals surface area contributed by atoms with Crippen molar-refractivity contribution in [3.63, 3.8) is 0 Å². The Balaban J connectivity index is 1.61. The average Bonchev–Trinajstić information content (AvgIpc) is 3.36. The van der Waals surface area contributed by atoms with Gasteiger partial charge in [-0.15, -0.1) is 0 Å². The number of rotatable bonds is 7. The van der Waals surface area contributed by atoms with E-state index in [-0.39, 0.29) is 24.0 Å². The van der Waals surface area contributed by atoms with Crippen LogP contribution in [0.2, 0.25) is 0 Å². The van der Waals surface area contributed by atoms with Gasteiger partial charge >= 0.3 is 0 Å². The predicted octanol–water partition coefficient (Wildman–Crippen LogP) is 2.39. The van der Waals surface area contributed by atoms with Gasteiger partial charge in [-0.25, -0.2) is 0 Å². The minimum atomic E-state index is -0.585. The molecule has 0 saturated carbocycles. The maximum atomic E-state index is 13.4. The number of fused-ring (bicyclic) bond motifs is 1. The number of ether oxygens (including phenoxy) is 1. The molecule has 1 aliphatic heterocycles. The molecule has 176 valence electrons. The third-order valence-electron chi connectivity index (χ3n) is 5.85. The summed E-state index contributed by atoms with van der Waals surface area (Å²) in [6.45, 7) is 8.12. The molecule has 2 aromatic heterocycles. The van der Waals surface area contributed by atoms with Gasteiger partial charge in [0.05, 0.1) is 11.9 Å². The second-order valence-electron chi connectivity index (χ2n) is 9.57. The first kappa shape index (κ1) is 22.9. The quantitative estimate of drug-likeness (QED) is 0.559. The maximum absolute atomic E-state index is 13.4. The normalized spacial score (nSPS) is 16.1. The van der Waals surface area contributed by atoms with E-state index in [1.807, 2.05) is 49.7 Å². The molecule has 1 saturated heterocycles. The zero-order valence-electron chi connectivity index (χ0n) is 19.2. The molecule has 0 bridgehead atoms. The van der Waals surface area contributed by atoms with Crippen molar-refractivity contribution in [3.8, 4) is 0 Å². The molecular weight excluding hydrogens is 424 g/mol. The van der Waals surface area contributed by atoms with Crippen molar-refractivity contribution in [1.29, 1.82) is 0 Å². The predicted molar refractivity (Wildman–Crippen MR) is 120 cm³/mol. The molecule has 0 aliphatic carbocycles. The second-order valence-corrected chi connectivity index (χ2v) is 9.57. The van der Waals surface area contributed by atoms with E-state index in [0.29, 0.717) is 11.6 Å². The molecule has 10 heteroatoms. The Morgan fingerprint density at radius 1 is 1.24 bits per heavy atom. The van der Waals surface area contributed by atoms with Crippen LogP contribution in [0.25, 0.3) is 10.9 Å². The number of nitrogens with zero attached hydrogens (tertiary/aromatic N) is 4. The van der Waals surface area contributed by atoms with E-state index in [4.69, 9.17) is 20.1 Å². The number of benzene rings is 1. The summed E-state index contributed by atoms with van der Waals surface area (Å²) in [7, 11) is 0. The monoisotopic (exact) mass is 454 g/mol. The van der Waals surface area contributed by atoms with Crippen LogP contribution in [-0.2, 0) is 22.5 Å². The van der Waals surface area contributed by atoms with Crippen molar-refractivity contribution < 1.29 is 18.8 Å². The van der Waals surface area contributed by atoms with Gasteiger partial charge in [-0.2, -0.15) is 10.1 Å². The van der Waals surface area contributed by atoms with Gasteiger partial charge in [0.2, 0.25) is 11.8 Å². The molecule has 4 rings (SSSR count). The molecule has 0 spiro atoms. The Bertz CT molecular complexity index is 1140. The highest BCUT2D eigenvalue weighted by Gasteiger charge is 2.34. The standard InChI is InChI=1S/C23H30N6O4/c1-23(2,3)20(22-25-18(28-33-22)12-17(24)30)26-21(31)19-15-6-4-5-7-16(15)29(27-19)13-14-8-10-32-11-9-14/h4-7,14,20H,8-13H2,1-3H3,(H2,24,30)(H,26,31). The fourth-order valence-electron chi connectivity index (χ4n) is 4.07. The molecule has 3 aromatic rings. The zero-order valence-corrected chi connectivity index (χ0v) is 19.2. The van der Waals surface area contributed by atoms with Crippen molar-refractivity contribution in [2.45, 2.75) is 52.6 Å². The lowest BCUT2D eigenvalue weighted by molar-refractivity contribution is -0.117. The van der Waals surface area contributed by atoms with Gasteiger partial charge in [0.1, 0.15) is 6.04 Å². The molecule has 2 amide bonds. The molecule has 33 heavy (non-hydrogen) atoms. The number of carbonyl (C=O) groups excluding carboxylic acids is 2. The van der Waals surface area contributed by atoms with Crippen LogP contribution in [0.15, 0.2) is 28.8 Å². The van der Waals surface area contributed by atoms with E-state index in [1.165, 1.54) is 0 Å². The first-order chi connectivity index (χ1) is 15.7. The van der Waals surface area contributed by atoms with E-state index in [1.54, 1.807) is 0 Å². The van der Waals surface area contributed by atoms with E-state index in [9.17, 15) is 9.59 Å². The molecule has 1 fully saturated rings. The lowest BCUT2D eigenvalue weighted by Crippen LogP contribution is -2.37. The number of hydrogen-bond acceptors (Lipinski definition) is 7. The molecule has 1 atom stereocenters. The number of nitrogens with two attached hydrogens (primary N) is 1. The van der Waals surface area contributed by atoms with Gasteiger partial charge in [0.15, 0.2) is 11.5 Å². The first-order valence-electron chi connectivity index (χ1n) is 11.2. The van der Waals surface area contributed by atoms with Crippen LogP contribution in [0.4, 0.5) is 0 Å². The fourth-order valence-corrected chi connectivity index (χ4v) is 4.07. The van der Waals surface area contributed by atoms with Crippen LogP contribution in [-0.4, -0.2) is 44.9 Å². The highest BCUT2D eigenvalue weighted by Crippen LogP contribution is 2.32. The average molecular weight is 455 g/mol. The lowest BCUT2D eigenvalue weighted by Gasteiger charge is -2.28. The third kappa shape index (κ3) is 5.22. The molecule has 10 nitrogen and oxygen atoms in total. The van der Waals surface area contributed by atoms with Gasteiger partial charge in [-0.1, -0.05) is 44.1 Å². The summed E-state index contributed by atoms with van der Waals surface area (Å²) >= 11 is 0. The maximum Gasteiger partial charge on any atom is 0.273 e. The van der Waals surface area contributed by atoms with Crippen LogP contribution < -0.4 is 11.1 Å². The summed E-state index contributed by atoms with van der Waals surface area (Å²) in [6.07, 6.45) is 1.83. The van der Waals surface area contributed by atoms with Crippen LogP contribution in [0.1, 0.15) is 61.9 Å². The van der Waals surface area contributed by atoms with Crippen molar-refractivity contribution in [3.05, 3.63) is 41.7 Å². The SMILES string of the molecule is CC(C)(C)C(NC(=O)c1nn(CC2CCOCC2)c2ccccc12)c1nc(CC(N)=O)no1. The minimum absolute atomic E-state index is 0.129. The Morgan fingerprint density at radius 2 is 1.97 bits per heavy atom. The van der Waals surface area contributed by atoms with Crippen LogP contribution in [0.5, 0.6) is 0 Å². The fraction of sp³-hybridized carbons (Fsp3) is 0.522. The number of nitrogens with one attached hydrogen (secondary N) is 1. The van der Waals surface area contributed by atoms with Crippen LogP contribution in [0, 0.1) is 11.3 Å².